The fourth-order valence-corrected chi connectivity index (χ4v) is 2.89. The summed E-state index contributed by atoms with van der Waals surface area (Å²) < 4.78 is 14.7. The van der Waals surface area contributed by atoms with E-state index < -0.39 is 0 Å². The van der Waals surface area contributed by atoms with Gasteiger partial charge in [-0.1, -0.05) is 12.1 Å². The van der Waals surface area contributed by atoms with E-state index in [0.717, 1.165) is 24.0 Å². The number of rotatable bonds is 3. The lowest BCUT2D eigenvalue weighted by molar-refractivity contribution is 0.477. The van der Waals surface area contributed by atoms with E-state index in [-0.39, 0.29) is 23.2 Å². The van der Waals surface area contributed by atoms with Crippen molar-refractivity contribution in [1.29, 1.82) is 0 Å². The van der Waals surface area contributed by atoms with Crippen LogP contribution < -0.4 is 5.56 Å². The molecule has 1 N–H and O–H groups in total. The first-order chi connectivity index (χ1) is 11.1. The largest absolute Gasteiger partial charge is 0.505 e. The molecule has 0 radical (unpaired) electrons. The van der Waals surface area contributed by atoms with Crippen molar-refractivity contribution in [3.05, 3.63) is 69.9 Å². The Morgan fingerprint density at radius 3 is 2.61 bits per heavy atom. The van der Waals surface area contributed by atoms with Crippen molar-refractivity contribution >= 4 is 11.0 Å². The zero-order valence-electron chi connectivity index (χ0n) is 12.4. The summed E-state index contributed by atoms with van der Waals surface area (Å²) in [4.78, 5) is 16.5. The third-order valence-electron chi connectivity index (χ3n) is 4.16. The number of hydrogen-bond acceptors (Lipinski definition) is 3. The molecule has 1 aliphatic carbocycles. The number of aromatic nitrogens is 2. The molecule has 3 aromatic rings. The second-order valence-electron chi connectivity index (χ2n) is 5.98. The Morgan fingerprint density at radius 2 is 1.91 bits per heavy atom. The quantitative estimate of drug-likeness (QED) is 0.808. The third-order valence-corrected chi connectivity index (χ3v) is 4.16. The van der Waals surface area contributed by atoms with Gasteiger partial charge in [-0.2, -0.15) is 0 Å². The highest BCUT2D eigenvalue weighted by atomic mass is 19.1. The van der Waals surface area contributed by atoms with Crippen LogP contribution in [0.3, 0.4) is 0 Å². The van der Waals surface area contributed by atoms with Gasteiger partial charge in [-0.05, 0) is 48.6 Å². The Balaban J connectivity index is 1.81. The van der Waals surface area contributed by atoms with E-state index in [1.165, 1.54) is 18.2 Å². The Hall–Kier alpha value is -2.69. The summed E-state index contributed by atoms with van der Waals surface area (Å²) in [7, 11) is 0. The lowest BCUT2D eigenvalue weighted by Gasteiger charge is -2.11. The fourth-order valence-electron chi connectivity index (χ4n) is 2.89. The van der Waals surface area contributed by atoms with Crippen molar-refractivity contribution in [3.8, 4) is 5.75 Å². The van der Waals surface area contributed by atoms with E-state index in [1.54, 1.807) is 22.9 Å². The van der Waals surface area contributed by atoms with Crippen LogP contribution in [-0.2, 0) is 6.42 Å². The molecule has 1 aliphatic rings. The molecule has 2 aromatic heterocycles. The van der Waals surface area contributed by atoms with Gasteiger partial charge in [0.05, 0.1) is 5.52 Å². The maximum Gasteiger partial charge on any atom is 0.255 e. The molecule has 5 heteroatoms. The average molecular weight is 310 g/mol. The number of benzene rings is 1. The Kier molecular flexibility index (Phi) is 3.15. The van der Waals surface area contributed by atoms with Crippen LogP contribution in [0.15, 0.2) is 47.4 Å². The van der Waals surface area contributed by atoms with Gasteiger partial charge in [0.2, 0.25) is 0 Å². The zero-order valence-corrected chi connectivity index (χ0v) is 12.4. The van der Waals surface area contributed by atoms with Crippen LogP contribution in [0.4, 0.5) is 4.39 Å². The molecule has 4 rings (SSSR count). The van der Waals surface area contributed by atoms with Crippen molar-refractivity contribution < 1.29 is 9.50 Å². The van der Waals surface area contributed by atoms with Crippen LogP contribution in [0.25, 0.3) is 11.0 Å². The number of halogens is 1. The van der Waals surface area contributed by atoms with E-state index in [0.29, 0.717) is 17.5 Å². The molecule has 23 heavy (non-hydrogen) atoms. The van der Waals surface area contributed by atoms with Gasteiger partial charge in [-0.3, -0.25) is 9.78 Å². The zero-order chi connectivity index (χ0) is 16.0. The lowest BCUT2D eigenvalue weighted by atomic mass is 10.1. The van der Waals surface area contributed by atoms with Gasteiger partial charge in [0.15, 0.2) is 0 Å². The van der Waals surface area contributed by atoms with Crippen molar-refractivity contribution in [3.63, 3.8) is 0 Å². The summed E-state index contributed by atoms with van der Waals surface area (Å²) in [6.07, 6.45) is 4.23. The predicted octanol–water partition coefficient (Wildman–Crippen LogP) is 3.17. The van der Waals surface area contributed by atoms with Crippen LogP contribution in [0, 0.1) is 5.82 Å². The van der Waals surface area contributed by atoms with Gasteiger partial charge >= 0.3 is 0 Å². The standard InChI is InChI=1S/C18H15FN2O2/c19-13-3-1-11(2-4-13)7-12-8-15-18(20-10-12)16(22)9-17(23)21(15)14-5-6-14/h1-4,8-10,14,22H,5-7H2. The van der Waals surface area contributed by atoms with Crippen molar-refractivity contribution in [2.75, 3.05) is 0 Å². The molecule has 0 saturated heterocycles. The summed E-state index contributed by atoms with van der Waals surface area (Å²) >= 11 is 0. The molecule has 1 aromatic carbocycles. The maximum atomic E-state index is 13.0. The molecule has 116 valence electrons. The molecule has 1 saturated carbocycles. The number of fused-ring (bicyclic) bond motifs is 1. The third kappa shape index (κ3) is 2.59. The number of pyridine rings is 2. The summed E-state index contributed by atoms with van der Waals surface area (Å²) in [6.45, 7) is 0. The summed E-state index contributed by atoms with van der Waals surface area (Å²) in [5.74, 6) is -0.354. The first kappa shape index (κ1) is 13.9. The SMILES string of the molecule is O=c1cc(O)c2ncc(Cc3ccc(F)cc3)cc2n1C1CC1. The van der Waals surface area contributed by atoms with Gasteiger partial charge in [-0.15, -0.1) is 0 Å². The molecule has 0 unspecified atom stereocenters. The summed E-state index contributed by atoms with van der Waals surface area (Å²) in [6, 6.07) is 9.64. The summed E-state index contributed by atoms with van der Waals surface area (Å²) in [5, 5.41) is 9.97. The second-order valence-corrected chi connectivity index (χ2v) is 5.98. The van der Waals surface area contributed by atoms with E-state index in [1.807, 2.05) is 6.07 Å². The van der Waals surface area contributed by atoms with Crippen LogP contribution in [-0.4, -0.2) is 14.7 Å². The molecule has 0 spiro atoms. The Bertz CT molecular complexity index is 944. The minimum atomic E-state index is -0.266. The highest BCUT2D eigenvalue weighted by Crippen LogP contribution is 2.36. The molecule has 4 nitrogen and oxygen atoms in total. The number of nitrogens with zero attached hydrogens (tertiary/aromatic N) is 2. The van der Waals surface area contributed by atoms with E-state index in [2.05, 4.69) is 4.98 Å². The van der Waals surface area contributed by atoms with Crippen LogP contribution in [0.2, 0.25) is 0 Å². The van der Waals surface area contributed by atoms with Gasteiger partial charge in [0.1, 0.15) is 17.1 Å². The monoisotopic (exact) mass is 310 g/mol. The van der Waals surface area contributed by atoms with Crippen LogP contribution in [0.5, 0.6) is 5.75 Å². The fraction of sp³-hybridized carbons (Fsp3) is 0.222. The summed E-state index contributed by atoms with van der Waals surface area (Å²) in [5.41, 5.74) is 2.80. The number of hydrogen-bond donors (Lipinski definition) is 1. The van der Waals surface area contributed by atoms with Crippen molar-refractivity contribution in [1.82, 2.24) is 9.55 Å². The molecule has 1 fully saturated rings. The Labute approximate surface area is 131 Å². The van der Waals surface area contributed by atoms with Crippen LogP contribution in [0.1, 0.15) is 30.0 Å². The van der Waals surface area contributed by atoms with E-state index >= 15 is 0 Å². The smallest absolute Gasteiger partial charge is 0.255 e. The molecule has 2 heterocycles. The molecule has 0 amide bonds. The van der Waals surface area contributed by atoms with E-state index in [4.69, 9.17) is 0 Å². The van der Waals surface area contributed by atoms with Gasteiger partial charge in [-0.25, -0.2) is 4.39 Å². The molecule has 0 atom stereocenters. The molecular formula is C18H15FN2O2. The van der Waals surface area contributed by atoms with Crippen molar-refractivity contribution in [2.45, 2.75) is 25.3 Å². The lowest BCUT2D eigenvalue weighted by Crippen LogP contribution is -2.18. The number of aromatic hydroxyl groups is 1. The van der Waals surface area contributed by atoms with Gasteiger partial charge in [0.25, 0.3) is 5.56 Å². The second kappa shape index (κ2) is 5.19. The first-order valence-electron chi connectivity index (χ1n) is 7.59. The first-order valence-corrected chi connectivity index (χ1v) is 7.59. The molecule has 0 aliphatic heterocycles. The van der Waals surface area contributed by atoms with Crippen molar-refractivity contribution in [2.24, 2.45) is 0 Å². The normalized spacial score (nSPS) is 14.3. The molecule has 0 bridgehead atoms. The minimum Gasteiger partial charge on any atom is -0.505 e. The highest BCUT2D eigenvalue weighted by molar-refractivity contribution is 5.81. The average Bonchev–Trinajstić information content (AvgIpc) is 3.34. The topological polar surface area (TPSA) is 55.1 Å². The Morgan fingerprint density at radius 1 is 1.17 bits per heavy atom. The van der Waals surface area contributed by atoms with Gasteiger partial charge in [0, 0.05) is 18.3 Å². The van der Waals surface area contributed by atoms with E-state index in [9.17, 15) is 14.3 Å². The maximum absolute atomic E-state index is 13.0. The van der Waals surface area contributed by atoms with Crippen LogP contribution >= 0.6 is 0 Å². The highest BCUT2D eigenvalue weighted by Gasteiger charge is 2.27. The van der Waals surface area contributed by atoms with Gasteiger partial charge < -0.3 is 9.67 Å². The predicted molar refractivity (Wildman–Crippen MR) is 85.1 cm³/mol. The minimum absolute atomic E-state index is 0.0877. The molecular weight excluding hydrogens is 295 g/mol.